The highest BCUT2D eigenvalue weighted by molar-refractivity contribution is 7.99. The zero-order valence-electron chi connectivity index (χ0n) is 18.0. The summed E-state index contributed by atoms with van der Waals surface area (Å²) in [6.07, 6.45) is 5.33. The van der Waals surface area contributed by atoms with E-state index in [1.165, 1.54) is 17.3 Å². The van der Waals surface area contributed by atoms with Gasteiger partial charge in [-0.2, -0.15) is 0 Å². The van der Waals surface area contributed by atoms with Gasteiger partial charge in [0, 0.05) is 23.6 Å². The van der Waals surface area contributed by atoms with Gasteiger partial charge in [0.25, 0.3) is 5.56 Å². The van der Waals surface area contributed by atoms with Gasteiger partial charge in [-0.15, -0.1) is 0 Å². The number of benzene rings is 2. The summed E-state index contributed by atoms with van der Waals surface area (Å²) in [4.78, 5) is 31.3. The van der Waals surface area contributed by atoms with Crippen LogP contribution in [0, 0.1) is 6.92 Å². The Morgan fingerprint density at radius 2 is 1.90 bits per heavy atom. The molecule has 1 saturated carbocycles. The van der Waals surface area contributed by atoms with E-state index in [-0.39, 0.29) is 22.5 Å². The van der Waals surface area contributed by atoms with Gasteiger partial charge in [0.05, 0.1) is 17.0 Å². The van der Waals surface area contributed by atoms with Gasteiger partial charge in [-0.25, -0.2) is 4.98 Å². The third-order valence-electron chi connectivity index (χ3n) is 6.81. The van der Waals surface area contributed by atoms with E-state index in [0.717, 1.165) is 54.5 Å². The zero-order chi connectivity index (χ0) is 21.6. The van der Waals surface area contributed by atoms with Crippen molar-refractivity contribution in [2.75, 3.05) is 5.75 Å². The van der Waals surface area contributed by atoms with Gasteiger partial charge in [-0.1, -0.05) is 72.6 Å². The smallest absolute Gasteiger partial charge is 0.258 e. The highest BCUT2D eigenvalue weighted by Crippen LogP contribution is 2.49. The van der Waals surface area contributed by atoms with Crippen LogP contribution in [-0.2, 0) is 18.9 Å². The van der Waals surface area contributed by atoms with Crippen LogP contribution in [0.15, 0.2) is 58.5 Å². The molecule has 158 valence electrons. The molecular weight excluding hydrogens is 404 g/mol. The molecule has 4 nitrogen and oxygen atoms in total. The van der Waals surface area contributed by atoms with Crippen molar-refractivity contribution < 1.29 is 4.79 Å². The van der Waals surface area contributed by atoms with E-state index in [9.17, 15) is 9.59 Å². The maximum atomic E-state index is 13.6. The fourth-order valence-corrected chi connectivity index (χ4v) is 6.11. The van der Waals surface area contributed by atoms with Crippen molar-refractivity contribution in [3.8, 4) is 11.3 Å². The molecule has 0 amide bonds. The molecule has 2 aliphatic carbocycles. The number of ketones is 1. The molecule has 2 aliphatic rings. The Balaban J connectivity index is 1.55. The molecule has 1 spiro atoms. The molecule has 0 unspecified atom stereocenters. The Morgan fingerprint density at radius 3 is 2.68 bits per heavy atom. The van der Waals surface area contributed by atoms with E-state index >= 15 is 0 Å². The summed E-state index contributed by atoms with van der Waals surface area (Å²) in [6, 6.07) is 16.0. The molecule has 1 fully saturated rings. The first-order valence-electron chi connectivity index (χ1n) is 10.9. The number of aromatic nitrogens is 2. The summed E-state index contributed by atoms with van der Waals surface area (Å²) in [5.74, 6) is 0.309. The first-order chi connectivity index (χ1) is 15.0. The SMILES string of the molecule is Cc1cccc(C(=O)CSc2nc3c(c(=O)n2C)C2(CCCC2)Cc2ccccc2-3)c1. The normalized spacial score (nSPS) is 16.2. The number of rotatable bonds is 4. The molecule has 5 heteroatoms. The highest BCUT2D eigenvalue weighted by atomic mass is 32.2. The second-order valence-electron chi connectivity index (χ2n) is 8.88. The number of carbonyl (C=O) groups is 1. The van der Waals surface area contributed by atoms with E-state index in [1.54, 1.807) is 11.6 Å². The molecule has 0 bridgehead atoms. The Bertz CT molecular complexity index is 1240. The van der Waals surface area contributed by atoms with E-state index in [1.807, 2.05) is 37.3 Å². The number of nitrogens with zero attached hydrogens (tertiary/aromatic N) is 2. The zero-order valence-corrected chi connectivity index (χ0v) is 18.8. The van der Waals surface area contributed by atoms with Crippen molar-refractivity contribution in [1.29, 1.82) is 0 Å². The largest absolute Gasteiger partial charge is 0.293 e. The van der Waals surface area contributed by atoms with E-state index < -0.39 is 0 Å². The summed E-state index contributed by atoms with van der Waals surface area (Å²) in [5.41, 5.74) is 5.79. The van der Waals surface area contributed by atoms with Crippen molar-refractivity contribution in [1.82, 2.24) is 9.55 Å². The molecule has 1 heterocycles. The van der Waals surface area contributed by atoms with Gasteiger partial charge in [-0.3, -0.25) is 14.2 Å². The molecule has 0 aliphatic heterocycles. The monoisotopic (exact) mass is 430 g/mol. The quantitative estimate of drug-likeness (QED) is 0.328. The van der Waals surface area contributed by atoms with Crippen LogP contribution in [0.1, 0.15) is 52.7 Å². The Kier molecular flexibility index (Phi) is 5.09. The maximum Gasteiger partial charge on any atom is 0.258 e. The third-order valence-corrected chi connectivity index (χ3v) is 7.84. The fraction of sp³-hybridized carbons (Fsp3) is 0.346. The van der Waals surface area contributed by atoms with E-state index in [4.69, 9.17) is 4.98 Å². The molecular formula is C26H26N2O2S. The van der Waals surface area contributed by atoms with Crippen molar-refractivity contribution in [2.24, 2.45) is 7.05 Å². The topological polar surface area (TPSA) is 52.0 Å². The average Bonchev–Trinajstić information content (AvgIpc) is 3.23. The molecule has 0 saturated heterocycles. The molecule has 0 radical (unpaired) electrons. The maximum absolute atomic E-state index is 13.6. The molecule has 0 N–H and O–H groups in total. The van der Waals surface area contributed by atoms with E-state index in [0.29, 0.717) is 10.7 Å². The minimum absolute atomic E-state index is 0.0481. The lowest BCUT2D eigenvalue weighted by Crippen LogP contribution is -2.39. The molecule has 5 rings (SSSR count). The number of hydrogen-bond donors (Lipinski definition) is 0. The van der Waals surface area contributed by atoms with Crippen LogP contribution in [0.2, 0.25) is 0 Å². The van der Waals surface area contributed by atoms with Gasteiger partial charge >= 0.3 is 0 Å². The Labute approximate surface area is 186 Å². The molecule has 3 aromatic rings. The summed E-state index contributed by atoms with van der Waals surface area (Å²) < 4.78 is 1.65. The molecule has 1 aromatic heterocycles. The van der Waals surface area contributed by atoms with Crippen LogP contribution in [-0.4, -0.2) is 21.1 Å². The van der Waals surface area contributed by atoms with Gasteiger partial charge in [0.1, 0.15) is 0 Å². The highest BCUT2D eigenvalue weighted by Gasteiger charge is 2.44. The summed E-state index contributed by atoms with van der Waals surface area (Å²) >= 11 is 1.35. The number of thioether (sulfide) groups is 1. The van der Waals surface area contributed by atoms with Crippen molar-refractivity contribution >= 4 is 17.5 Å². The first-order valence-corrected chi connectivity index (χ1v) is 11.9. The van der Waals surface area contributed by atoms with Crippen LogP contribution in [0.5, 0.6) is 0 Å². The number of Topliss-reactive ketones (excluding diaryl/α,β-unsaturated/α-hetero) is 1. The van der Waals surface area contributed by atoms with Gasteiger partial charge in [0.15, 0.2) is 10.9 Å². The van der Waals surface area contributed by atoms with Crippen LogP contribution in [0.4, 0.5) is 0 Å². The minimum atomic E-state index is -0.0912. The Hall–Kier alpha value is -2.66. The first kappa shape index (κ1) is 20.3. The predicted octanol–water partition coefficient (Wildman–Crippen LogP) is 5.10. The second kappa shape index (κ2) is 7.79. The number of hydrogen-bond acceptors (Lipinski definition) is 4. The fourth-order valence-electron chi connectivity index (χ4n) is 5.25. The molecule has 2 aromatic carbocycles. The van der Waals surface area contributed by atoms with Crippen LogP contribution in [0.3, 0.4) is 0 Å². The van der Waals surface area contributed by atoms with Crippen LogP contribution in [0.25, 0.3) is 11.3 Å². The number of aryl methyl sites for hydroxylation is 1. The van der Waals surface area contributed by atoms with Gasteiger partial charge < -0.3 is 0 Å². The number of carbonyl (C=O) groups excluding carboxylic acids is 1. The van der Waals surface area contributed by atoms with Crippen molar-refractivity contribution in [2.45, 2.75) is 49.6 Å². The number of fused-ring (bicyclic) bond motifs is 4. The average molecular weight is 431 g/mol. The second-order valence-corrected chi connectivity index (χ2v) is 9.83. The minimum Gasteiger partial charge on any atom is -0.293 e. The van der Waals surface area contributed by atoms with Crippen LogP contribution >= 0.6 is 11.8 Å². The van der Waals surface area contributed by atoms with Crippen molar-refractivity contribution in [3.05, 3.63) is 81.1 Å². The molecule has 0 atom stereocenters. The summed E-state index contributed by atoms with van der Waals surface area (Å²) in [7, 11) is 1.79. The van der Waals surface area contributed by atoms with Crippen LogP contribution < -0.4 is 5.56 Å². The van der Waals surface area contributed by atoms with Gasteiger partial charge in [-0.05, 0) is 37.8 Å². The lowest BCUT2D eigenvalue weighted by atomic mass is 9.68. The summed E-state index contributed by atoms with van der Waals surface area (Å²) in [5, 5.41) is 0.606. The van der Waals surface area contributed by atoms with Crippen molar-refractivity contribution in [3.63, 3.8) is 0 Å². The predicted molar refractivity (Wildman–Crippen MR) is 125 cm³/mol. The lowest BCUT2D eigenvalue weighted by Gasteiger charge is -2.36. The van der Waals surface area contributed by atoms with Gasteiger partial charge in [0.2, 0.25) is 0 Å². The summed E-state index contributed by atoms with van der Waals surface area (Å²) in [6.45, 7) is 1.98. The lowest BCUT2D eigenvalue weighted by molar-refractivity contribution is 0.102. The third kappa shape index (κ3) is 3.45. The molecule has 31 heavy (non-hydrogen) atoms. The standard InChI is InChI=1S/C26H26N2O2S/c1-17-8-7-10-18(14-17)21(29)16-31-25-27-23-20-11-4-3-9-19(20)15-26(12-5-6-13-26)22(23)24(30)28(25)2/h3-4,7-11,14H,5-6,12-13,15-16H2,1-2H3. The van der Waals surface area contributed by atoms with E-state index in [2.05, 4.69) is 18.2 Å². The Morgan fingerprint density at radius 1 is 1.13 bits per heavy atom.